The monoisotopic (exact) mass is 442 g/mol. The lowest BCUT2D eigenvalue weighted by molar-refractivity contribution is 0.280. The maximum Gasteiger partial charge on any atom is 0.211 e. The fourth-order valence-electron chi connectivity index (χ4n) is 3.84. The van der Waals surface area contributed by atoms with E-state index in [1.165, 1.54) is 6.26 Å². The molecule has 2 aliphatic rings. The highest BCUT2D eigenvalue weighted by Crippen LogP contribution is 2.25. The van der Waals surface area contributed by atoms with Gasteiger partial charge in [0.05, 0.1) is 11.3 Å². The van der Waals surface area contributed by atoms with Crippen molar-refractivity contribution in [2.45, 2.75) is 32.2 Å². The van der Waals surface area contributed by atoms with Crippen molar-refractivity contribution in [3.63, 3.8) is 0 Å². The fourth-order valence-corrected chi connectivity index (χ4v) is 4.95. The van der Waals surface area contributed by atoms with Gasteiger partial charge in [-0.25, -0.2) is 17.7 Å². The van der Waals surface area contributed by atoms with Gasteiger partial charge < -0.3 is 15.5 Å². The predicted molar refractivity (Wildman–Crippen MR) is 118 cm³/mol. The summed E-state index contributed by atoms with van der Waals surface area (Å²) in [7, 11) is -3.08. The Balaban J connectivity index is 1.52. The number of piperidine rings is 1. The summed E-state index contributed by atoms with van der Waals surface area (Å²) >= 11 is 6.28. The molecular formula is C19H31ClN6O2S. The molecule has 1 unspecified atom stereocenters. The lowest BCUT2D eigenvalue weighted by Crippen LogP contribution is -2.45. The van der Waals surface area contributed by atoms with E-state index < -0.39 is 10.0 Å². The third-order valence-corrected chi connectivity index (χ3v) is 7.06. The molecule has 2 saturated heterocycles. The van der Waals surface area contributed by atoms with Crippen LogP contribution in [0.5, 0.6) is 0 Å². The van der Waals surface area contributed by atoms with E-state index in [2.05, 4.69) is 27.4 Å². The van der Waals surface area contributed by atoms with E-state index in [1.807, 2.05) is 12.1 Å². The number of nitrogens with one attached hydrogen (secondary N) is 2. The number of hydrogen-bond acceptors (Lipinski definition) is 5. The maximum atomic E-state index is 11.6. The molecule has 10 heteroatoms. The topological polar surface area (TPSA) is 89.9 Å². The van der Waals surface area contributed by atoms with E-state index in [0.717, 1.165) is 50.7 Å². The van der Waals surface area contributed by atoms with Crippen molar-refractivity contribution < 1.29 is 8.42 Å². The van der Waals surface area contributed by atoms with Crippen molar-refractivity contribution in [1.82, 2.24) is 19.9 Å². The maximum absolute atomic E-state index is 11.6. The van der Waals surface area contributed by atoms with Gasteiger partial charge >= 0.3 is 0 Å². The van der Waals surface area contributed by atoms with Crippen LogP contribution in [-0.2, 0) is 10.0 Å². The number of nitrogens with zero attached hydrogens (tertiary/aromatic N) is 4. The molecule has 0 aliphatic carbocycles. The van der Waals surface area contributed by atoms with Crippen molar-refractivity contribution >= 4 is 33.4 Å². The van der Waals surface area contributed by atoms with Gasteiger partial charge in [0.15, 0.2) is 5.96 Å². The average Bonchev–Trinajstić information content (AvgIpc) is 3.14. The van der Waals surface area contributed by atoms with Gasteiger partial charge in [0.2, 0.25) is 10.0 Å². The SMILES string of the molecule is CCNC(=NCC1CCN(S(C)(=O)=O)CC1)NC1CCN(c2ncccc2Cl)C1. The zero-order valence-electron chi connectivity index (χ0n) is 17.1. The zero-order chi connectivity index (χ0) is 20.9. The molecule has 2 N–H and O–H groups in total. The highest BCUT2D eigenvalue weighted by Gasteiger charge is 2.27. The average molecular weight is 443 g/mol. The lowest BCUT2D eigenvalue weighted by Gasteiger charge is -2.29. The number of anilines is 1. The Morgan fingerprint density at radius 2 is 2.07 bits per heavy atom. The van der Waals surface area contributed by atoms with Crippen LogP contribution in [0.15, 0.2) is 23.3 Å². The molecule has 0 amide bonds. The van der Waals surface area contributed by atoms with E-state index in [9.17, 15) is 8.42 Å². The molecule has 3 rings (SSSR count). The first-order valence-electron chi connectivity index (χ1n) is 10.2. The summed E-state index contributed by atoms with van der Waals surface area (Å²) in [5.41, 5.74) is 0. The van der Waals surface area contributed by atoms with Crippen LogP contribution in [0.2, 0.25) is 5.02 Å². The van der Waals surface area contributed by atoms with Crippen LogP contribution in [0, 0.1) is 5.92 Å². The molecule has 8 nitrogen and oxygen atoms in total. The Morgan fingerprint density at radius 3 is 2.72 bits per heavy atom. The van der Waals surface area contributed by atoms with E-state index in [0.29, 0.717) is 30.6 Å². The van der Waals surface area contributed by atoms with Gasteiger partial charge in [0.25, 0.3) is 0 Å². The zero-order valence-corrected chi connectivity index (χ0v) is 18.7. The van der Waals surface area contributed by atoms with Crippen LogP contribution in [0.1, 0.15) is 26.2 Å². The van der Waals surface area contributed by atoms with Gasteiger partial charge in [0.1, 0.15) is 5.82 Å². The summed E-state index contributed by atoms with van der Waals surface area (Å²) in [4.78, 5) is 11.4. The second-order valence-corrected chi connectivity index (χ2v) is 10.1. The van der Waals surface area contributed by atoms with Crippen LogP contribution in [0.25, 0.3) is 0 Å². The first-order valence-corrected chi connectivity index (χ1v) is 12.4. The Labute approximate surface area is 178 Å². The normalized spacial score (nSPS) is 22.1. The Bertz CT molecular complexity index is 811. The third-order valence-electron chi connectivity index (χ3n) is 5.46. The van der Waals surface area contributed by atoms with Gasteiger partial charge in [-0.1, -0.05) is 11.6 Å². The first kappa shape index (κ1) is 22.1. The van der Waals surface area contributed by atoms with Crippen molar-refractivity contribution in [3.05, 3.63) is 23.4 Å². The molecule has 0 radical (unpaired) electrons. The molecule has 0 bridgehead atoms. The number of rotatable bonds is 6. The molecule has 1 atom stereocenters. The number of aromatic nitrogens is 1. The molecule has 3 heterocycles. The lowest BCUT2D eigenvalue weighted by atomic mass is 9.98. The molecule has 2 fully saturated rings. The highest BCUT2D eigenvalue weighted by atomic mass is 35.5. The largest absolute Gasteiger partial charge is 0.357 e. The predicted octanol–water partition coefficient (Wildman–Crippen LogP) is 1.54. The number of aliphatic imine (C=N–C) groups is 1. The molecule has 0 aromatic carbocycles. The van der Waals surface area contributed by atoms with E-state index in [-0.39, 0.29) is 6.04 Å². The first-order chi connectivity index (χ1) is 13.9. The number of sulfonamides is 1. The molecule has 1 aromatic rings. The van der Waals surface area contributed by atoms with Crippen LogP contribution in [0.4, 0.5) is 5.82 Å². The van der Waals surface area contributed by atoms with E-state index in [4.69, 9.17) is 16.6 Å². The highest BCUT2D eigenvalue weighted by molar-refractivity contribution is 7.88. The minimum absolute atomic E-state index is 0.276. The summed E-state index contributed by atoms with van der Waals surface area (Å²) in [5, 5.41) is 7.52. The van der Waals surface area contributed by atoms with Gasteiger partial charge in [-0.3, -0.25) is 4.99 Å². The molecular weight excluding hydrogens is 412 g/mol. The second kappa shape index (κ2) is 9.95. The van der Waals surface area contributed by atoms with Crippen molar-refractivity contribution in [2.75, 3.05) is 50.4 Å². The quantitative estimate of drug-likeness (QED) is 0.513. The van der Waals surface area contributed by atoms with Crippen LogP contribution in [0.3, 0.4) is 0 Å². The third kappa shape index (κ3) is 6.20. The summed E-state index contributed by atoms with van der Waals surface area (Å²) in [5.74, 6) is 2.06. The van der Waals surface area contributed by atoms with E-state index >= 15 is 0 Å². The standard InChI is InChI=1S/C19H31ClN6O2S/c1-3-21-19(23-13-15-6-11-26(12-7-15)29(2,27)28)24-16-8-10-25(14-16)18-17(20)5-4-9-22-18/h4-5,9,15-16H,3,6-8,10-14H2,1-2H3,(H2,21,23,24). The summed E-state index contributed by atoms with van der Waals surface area (Å²) in [6, 6.07) is 3.98. The summed E-state index contributed by atoms with van der Waals surface area (Å²) in [6.45, 7) is 6.45. The van der Waals surface area contributed by atoms with Gasteiger partial charge in [-0.05, 0) is 44.2 Å². The van der Waals surface area contributed by atoms with E-state index in [1.54, 1.807) is 10.5 Å². The Hall–Kier alpha value is -1.58. The van der Waals surface area contributed by atoms with Crippen molar-refractivity contribution in [1.29, 1.82) is 0 Å². The summed E-state index contributed by atoms with van der Waals surface area (Å²) in [6.07, 6.45) is 5.74. The molecule has 0 spiro atoms. The fraction of sp³-hybridized carbons (Fsp3) is 0.684. The number of hydrogen-bond donors (Lipinski definition) is 2. The van der Waals surface area contributed by atoms with Crippen LogP contribution in [-0.4, -0.2) is 75.2 Å². The number of halogens is 1. The minimum atomic E-state index is -3.08. The Kier molecular flexibility index (Phi) is 7.59. The van der Waals surface area contributed by atoms with Crippen molar-refractivity contribution in [3.8, 4) is 0 Å². The van der Waals surface area contributed by atoms with Crippen LogP contribution < -0.4 is 15.5 Å². The molecule has 1 aromatic heterocycles. The van der Waals surface area contributed by atoms with Gasteiger partial charge in [-0.15, -0.1) is 0 Å². The number of guanidine groups is 1. The molecule has 29 heavy (non-hydrogen) atoms. The Morgan fingerprint density at radius 1 is 1.31 bits per heavy atom. The minimum Gasteiger partial charge on any atom is -0.357 e. The molecule has 0 saturated carbocycles. The van der Waals surface area contributed by atoms with Gasteiger partial charge in [0, 0.05) is 51.5 Å². The smallest absolute Gasteiger partial charge is 0.211 e. The van der Waals surface area contributed by atoms with Crippen LogP contribution >= 0.6 is 11.6 Å². The molecule has 162 valence electrons. The second-order valence-electron chi connectivity index (χ2n) is 7.71. The van der Waals surface area contributed by atoms with Crippen molar-refractivity contribution in [2.24, 2.45) is 10.9 Å². The molecule has 2 aliphatic heterocycles. The summed E-state index contributed by atoms with van der Waals surface area (Å²) < 4.78 is 24.9. The number of pyridine rings is 1. The van der Waals surface area contributed by atoms with Gasteiger partial charge in [-0.2, -0.15) is 0 Å².